The summed E-state index contributed by atoms with van der Waals surface area (Å²) in [5.41, 5.74) is -2.35. The molecule has 0 bridgehead atoms. The summed E-state index contributed by atoms with van der Waals surface area (Å²) >= 11 is 0. The van der Waals surface area contributed by atoms with Crippen LogP contribution in [0.15, 0.2) is 11.6 Å². The van der Waals surface area contributed by atoms with Gasteiger partial charge in [0.05, 0.1) is 5.60 Å². The van der Waals surface area contributed by atoms with Crippen molar-refractivity contribution in [2.45, 2.75) is 51.2 Å². The molecular formula is C15H20O3. The van der Waals surface area contributed by atoms with Gasteiger partial charge >= 0.3 is 0 Å². The van der Waals surface area contributed by atoms with Crippen molar-refractivity contribution >= 4 is 6.29 Å². The number of carbonyl (C=O) groups is 1. The topological polar surface area (TPSA) is 57.5 Å². The molecule has 0 heterocycles. The van der Waals surface area contributed by atoms with E-state index in [1.165, 1.54) is 0 Å². The lowest BCUT2D eigenvalue weighted by Crippen LogP contribution is -2.67. The van der Waals surface area contributed by atoms with Gasteiger partial charge in [0.2, 0.25) is 0 Å². The lowest BCUT2D eigenvalue weighted by molar-refractivity contribution is -0.165. The summed E-state index contributed by atoms with van der Waals surface area (Å²) in [4.78, 5) is 11.2. The van der Waals surface area contributed by atoms with Crippen molar-refractivity contribution in [3.8, 4) is 0 Å². The van der Waals surface area contributed by atoms with E-state index in [2.05, 4.69) is 20.3 Å². The largest absolute Gasteiger partial charge is 0.385 e. The first-order valence-electron chi connectivity index (χ1n) is 6.55. The maximum absolute atomic E-state index is 11.2. The van der Waals surface area contributed by atoms with Gasteiger partial charge < -0.3 is 10.2 Å². The summed E-state index contributed by atoms with van der Waals surface area (Å²) < 4.78 is 0. The summed E-state index contributed by atoms with van der Waals surface area (Å²) in [6.45, 7) is 6.23. The number of rotatable bonds is 1. The average Bonchev–Trinajstić information content (AvgIpc) is 2.52. The molecule has 2 N–H and O–H groups in total. The van der Waals surface area contributed by atoms with Crippen molar-refractivity contribution in [3.05, 3.63) is 18.1 Å². The predicted molar refractivity (Wildman–Crippen MR) is 66.5 cm³/mol. The lowest BCUT2D eigenvalue weighted by Gasteiger charge is -2.62. The molecule has 0 aliphatic heterocycles. The molecule has 2 saturated carbocycles. The zero-order valence-electron chi connectivity index (χ0n) is 11.2. The second-order valence-corrected chi connectivity index (χ2v) is 7.29. The molecule has 0 aromatic heterocycles. The Morgan fingerprint density at radius 2 is 2.06 bits per heavy atom. The average molecular weight is 248 g/mol. The summed E-state index contributed by atoms with van der Waals surface area (Å²) in [7, 11) is 0. The first-order chi connectivity index (χ1) is 8.17. The lowest BCUT2D eigenvalue weighted by atomic mass is 9.45. The van der Waals surface area contributed by atoms with E-state index in [1.807, 2.05) is 6.92 Å². The van der Waals surface area contributed by atoms with Crippen LogP contribution in [0.2, 0.25) is 0 Å². The van der Waals surface area contributed by atoms with Crippen LogP contribution >= 0.6 is 0 Å². The highest BCUT2D eigenvalue weighted by atomic mass is 16.3. The molecule has 98 valence electrons. The number of hydrogen-bond donors (Lipinski definition) is 2. The third-order valence-electron chi connectivity index (χ3n) is 5.38. The molecule has 2 unspecified atom stereocenters. The minimum absolute atomic E-state index is 0.00468. The fraction of sp³-hybridized carbons (Fsp3) is 0.733. The van der Waals surface area contributed by atoms with E-state index in [0.717, 1.165) is 6.42 Å². The Balaban J connectivity index is 2.15. The SMILES string of the molecule is CC1(C)C[C@H]2C(O)(C=C(C=O)C3(O)[C]C[C@]23C)C1. The molecule has 3 nitrogen and oxygen atoms in total. The quantitative estimate of drug-likeness (QED) is 0.692. The van der Waals surface area contributed by atoms with Crippen LogP contribution in [0.5, 0.6) is 0 Å². The molecule has 4 atom stereocenters. The van der Waals surface area contributed by atoms with Gasteiger partial charge in [-0.3, -0.25) is 4.79 Å². The van der Waals surface area contributed by atoms with E-state index in [-0.39, 0.29) is 16.9 Å². The molecule has 3 heteroatoms. The van der Waals surface area contributed by atoms with Crippen LogP contribution in [-0.4, -0.2) is 27.7 Å². The van der Waals surface area contributed by atoms with Crippen molar-refractivity contribution in [2.75, 3.05) is 0 Å². The van der Waals surface area contributed by atoms with Gasteiger partial charge in [0, 0.05) is 23.3 Å². The Morgan fingerprint density at radius 3 is 2.56 bits per heavy atom. The number of carbonyl (C=O) groups excluding carboxylic acids is 1. The van der Waals surface area contributed by atoms with E-state index >= 15 is 0 Å². The van der Waals surface area contributed by atoms with Gasteiger partial charge in [0.15, 0.2) is 0 Å². The Bertz CT molecular complexity index is 453. The third-order valence-corrected chi connectivity index (χ3v) is 5.38. The Kier molecular flexibility index (Phi) is 2.11. The van der Waals surface area contributed by atoms with Crippen LogP contribution in [-0.2, 0) is 4.79 Å². The zero-order valence-corrected chi connectivity index (χ0v) is 11.2. The minimum Gasteiger partial charge on any atom is -0.385 e. The first kappa shape index (κ1) is 12.4. The zero-order chi connectivity index (χ0) is 13.4. The van der Waals surface area contributed by atoms with E-state index in [0.29, 0.717) is 19.1 Å². The molecule has 2 radical (unpaired) electrons. The summed E-state index contributed by atoms with van der Waals surface area (Å²) in [6, 6.07) is 0. The van der Waals surface area contributed by atoms with Gasteiger partial charge in [-0.25, -0.2) is 0 Å². The maximum Gasteiger partial charge on any atom is 0.148 e. The van der Waals surface area contributed by atoms with Gasteiger partial charge in [-0.2, -0.15) is 0 Å². The number of aldehydes is 1. The van der Waals surface area contributed by atoms with Crippen molar-refractivity contribution in [1.82, 2.24) is 0 Å². The molecule has 0 amide bonds. The van der Waals surface area contributed by atoms with E-state index in [9.17, 15) is 15.0 Å². The molecule has 0 aromatic rings. The number of aliphatic hydroxyl groups is 2. The number of hydrogen-bond acceptors (Lipinski definition) is 3. The fourth-order valence-corrected chi connectivity index (χ4v) is 4.45. The molecular weight excluding hydrogens is 228 g/mol. The van der Waals surface area contributed by atoms with Gasteiger partial charge in [-0.1, -0.05) is 20.8 Å². The van der Waals surface area contributed by atoms with Crippen LogP contribution in [0.1, 0.15) is 40.0 Å². The first-order valence-corrected chi connectivity index (χ1v) is 6.55. The highest BCUT2D eigenvalue weighted by Crippen LogP contribution is 2.68. The van der Waals surface area contributed by atoms with Gasteiger partial charge in [0.25, 0.3) is 0 Å². The summed E-state index contributed by atoms with van der Waals surface area (Å²) in [5.74, 6) is -0.00468. The summed E-state index contributed by atoms with van der Waals surface area (Å²) in [6.07, 6.45) is 7.38. The van der Waals surface area contributed by atoms with Crippen molar-refractivity contribution < 1.29 is 15.0 Å². The second kappa shape index (κ2) is 3.07. The molecule has 3 aliphatic rings. The standard InChI is InChI=1S/C15H20O3/c1-12(2)7-11-13(3)4-5-15(13,18)10(8-16)6-14(11,17)9-12/h6,8,11,17-18H,4,7,9H2,1-3H3/t11-,13-,14?,15?/m1/s1. The van der Waals surface area contributed by atoms with Crippen LogP contribution in [0, 0.1) is 23.2 Å². The molecule has 2 fully saturated rings. The van der Waals surface area contributed by atoms with Crippen LogP contribution in [0.4, 0.5) is 0 Å². The molecule has 0 saturated heterocycles. The highest BCUT2D eigenvalue weighted by Gasteiger charge is 2.70. The smallest absolute Gasteiger partial charge is 0.148 e. The molecule has 18 heavy (non-hydrogen) atoms. The molecule has 0 aromatic carbocycles. The van der Waals surface area contributed by atoms with Gasteiger partial charge in [-0.05, 0) is 30.8 Å². The minimum atomic E-state index is -1.26. The maximum atomic E-state index is 11.2. The van der Waals surface area contributed by atoms with Crippen LogP contribution < -0.4 is 0 Å². The van der Waals surface area contributed by atoms with E-state index in [1.54, 1.807) is 6.08 Å². The summed E-state index contributed by atoms with van der Waals surface area (Å²) in [5, 5.41) is 21.5. The Morgan fingerprint density at radius 1 is 1.39 bits per heavy atom. The Hall–Kier alpha value is -0.670. The molecule has 3 rings (SSSR count). The van der Waals surface area contributed by atoms with Crippen molar-refractivity contribution in [1.29, 1.82) is 0 Å². The van der Waals surface area contributed by atoms with Crippen molar-refractivity contribution in [2.24, 2.45) is 16.7 Å². The molecule has 0 spiro atoms. The predicted octanol–water partition coefficient (Wildman–Crippen LogP) is 1.51. The van der Waals surface area contributed by atoms with Gasteiger partial charge in [-0.15, -0.1) is 0 Å². The normalized spacial score (nSPS) is 52.9. The van der Waals surface area contributed by atoms with E-state index in [4.69, 9.17) is 0 Å². The van der Waals surface area contributed by atoms with Crippen LogP contribution in [0.25, 0.3) is 0 Å². The number of fused-ring (bicyclic) bond motifs is 3. The highest BCUT2D eigenvalue weighted by molar-refractivity contribution is 5.80. The monoisotopic (exact) mass is 248 g/mol. The molecule has 3 aliphatic carbocycles. The van der Waals surface area contributed by atoms with Crippen LogP contribution in [0.3, 0.4) is 0 Å². The third kappa shape index (κ3) is 1.19. The van der Waals surface area contributed by atoms with Gasteiger partial charge in [0.1, 0.15) is 11.9 Å². The van der Waals surface area contributed by atoms with E-state index < -0.39 is 16.6 Å². The van der Waals surface area contributed by atoms with Crippen molar-refractivity contribution in [3.63, 3.8) is 0 Å². The Labute approximate surface area is 108 Å². The fourth-order valence-electron chi connectivity index (χ4n) is 4.45. The second-order valence-electron chi connectivity index (χ2n) is 7.29.